The van der Waals surface area contributed by atoms with Crippen molar-refractivity contribution in [2.75, 3.05) is 0 Å². The second-order valence-electron chi connectivity index (χ2n) is 6.08. The Morgan fingerprint density at radius 2 is 1.88 bits per heavy atom. The van der Waals surface area contributed by atoms with E-state index in [1.165, 1.54) is 29.1 Å². The molecule has 1 atom stereocenters. The van der Waals surface area contributed by atoms with Crippen molar-refractivity contribution in [3.05, 3.63) is 87.1 Å². The van der Waals surface area contributed by atoms with Crippen molar-refractivity contribution in [1.82, 2.24) is 19.7 Å². The van der Waals surface area contributed by atoms with Gasteiger partial charge >= 0.3 is 5.69 Å². The highest BCUT2D eigenvalue weighted by molar-refractivity contribution is 5.93. The fourth-order valence-electron chi connectivity index (χ4n) is 3.09. The summed E-state index contributed by atoms with van der Waals surface area (Å²) in [7, 11) is 0. The first-order chi connectivity index (χ1) is 12.5. The van der Waals surface area contributed by atoms with E-state index in [9.17, 15) is 14.0 Å². The topological polar surface area (TPSA) is 83.5 Å². The van der Waals surface area contributed by atoms with Gasteiger partial charge in [0.05, 0.1) is 23.3 Å². The number of hydrogen-bond donors (Lipinski definition) is 2. The zero-order chi connectivity index (χ0) is 18.3. The lowest BCUT2D eigenvalue weighted by atomic mass is 10.0. The van der Waals surface area contributed by atoms with Gasteiger partial charge in [-0.1, -0.05) is 30.3 Å². The van der Waals surface area contributed by atoms with Crippen LogP contribution in [0.5, 0.6) is 0 Å². The van der Waals surface area contributed by atoms with Crippen molar-refractivity contribution >= 4 is 10.9 Å². The van der Waals surface area contributed by atoms with E-state index in [-0.39, 0.29) is 11.6 Å². The fraction of sp³-hybridized carbons (Fsp3) is 0.105. The standard InChI is InChI=1S/C19H15FN4O2/c1-11(12-5-3-2-4-6-12)24-10-16(18(25)22-19(24)26)15-8-14(20)7-13-9-21-23-17(13)15/h2-11H,1H3,(H,21,23)(H,22,25,26). The van der Waals surface area contributed by atoms with E-state index < -0.39 is 17.1 Å². The number of nitrogens with one attached hydrogen (secondary N) is 2. The Kier molecular flexibility index (Phi) is 3.76. The third kappa shape index (κ3) is 2.63. The van der Waals surface area contributed by atoms with E-state index in [4.69, 9.17) is 0 Å². The molecule has 0 saturated heterocycles. The molecule has 0 aliphatic heterocycles. The van der Waals surface area contributed by atoms with Crippen LogP contribution in [0, 0.1) is 5.82 Å². The van der Waals surface area contributed by atoms with Crippen molar-refractivity contribution in [1.29, 1.82) is 0 Å². The van der Waals surface area contributed by atoms with Crippen LogP contribution in [-0.4, -0.2) is 19.7 Å². The number of hydrogen-bond acceptors (Lipinski definition) is 3. The van der Waals surface area contributed by atoms with Crippen molar-refractivity contribution in [2.45, 2.75) is 13.0 Å². The first kappa shape index (κ1) is 16.0. The van der Waals surface area contributed by atoms with E-state index in [1.54, 1.807) is 0 Å². The lowest BCUT2D eigenvalue weighted by Crippen LogP contribution is -2.32. The third-order valence-corrected chi connectivity index (χ3v) is 4.47. The molecular weight excluding hydrogens is 335 g/mol. The first-order valence-corrected chi connectivity index (χ1v) is 8.08. The van der Waals surface area contributed by atoms with Gasteiger partial charge in [-0.05, 0) is 24.6 Å². The first-order valence-electron chi connectivity index (χ1n) is 8.08. The highest BCUT2D eigenvalue weighted by Gasteiger charge is 2.16. The maximum absolute atomic E-state index is 14.0. The molecule has 0 bridgehead atoms. The summed E-state index contributed by atoms with van der Waals surface area (Å²) in [5.74, 6) is -0.484. The second kappa shape index (κ2) is 6.11. The summed E-state index contributed by atoms with van der Waals surface area (Å²) in [5, 5.41) is 7.24. The molecule has 2 N–H and O–H groups in total. The molecule has 0 aliphatic carbocycles. The Morgan fingerprint density at radius 3 is 2.65 bits per heavy atom. The molecule has 4 rings (SSSR count). The molecular formula is C19H15FN4O2. The van der Waals surface area contributed by atoms with Gasteiger partial charge in [-0.2, -0.15) is 5.10 Å². The van der Waals surface area contributed by atoms with Crippen molar-refractivity contribution in [2.24, 2.45) is 0 Å². The van der Waals surface area contributed by atoms with Gasteiger partial charge in [-0.3, -0.25) is 19.4 Å². The van der Waals surface area contributed by atoms with Crippen LogP contribution < -0.4 is 11.2 Å². The molecule has 2 aromatic heterocycles. The zero-order valence-corrected chi connectivity index (χ0v) is 13.9. The molecule has 130 valence electrons. The molecule has 2 aromatic carbocycles. The average molecular weight is 350 g/mol. The van der Waals surface area contributed by atoms with E-state index in [2.05, 4.69) is 15.2 Å². The number of fused-ring (bicyclic) bond motifs is 1. The molecule has 26 heavy (non-hydrogen) atoms. The molecule has 2 heterocycles. The van der Waals surface area contributed by atoms with Crippen molar-refractivity contribution in [3.8, 4) is 11.1 Å². The zero-order valence-electron chi connectivity index (χ0n) is 13.9. The minimum Gasteiger partial charge on any atom is -0.293 e. The second-order valence-corrected chi connectivity index (χ2v) is 6.08. The molecule has 0 aliphatic rings. The molecule has 7 heteroatoms. The fourth-order valence-corrected chi connectivity index (χ4v) is 3.09. The monoisotopic (exact) mass is 350 g/mol. The summed E-state index contributed by atoms with van der Waals surface area (Å²) in [5.41, 5.74) is 0.905. The predicted molar refractivity (Wildman–Crippen MR) is 96.6 cm³/mol. The van der Waals surface area contributed by atoms with Crippen LogP contribution in [-0.2, 0) is 0 Å². The predicted octanol–water partition coefficient (Wildman–Crippen LogP) is 2.83. The number of rotatable bonds is 3. The Morgan fingerprint density at radius 1 is 1.12 bits per heavy atom. The normalized spacial score (nSPS) is 12.4. The smallest absolute Gasteiger partial charge is 0.293 e. The molecule has 0 radical (unpaired) electrons. The SMILES string of the molecule is CC(c1ccccc1)n1cc(-c2cc(F)cc3cn[nH]c23)c(=O)[nH]c1=O. The van der Waals surface area contributed by atoms with Crippen LogP contribution in [0.1, 0.15) is 18.5 Å². The molecule has 4 aromatic rings. The van der Waals surface area contributed by atoms with Gasteiger partial charge in [-0.15, -0.1) is 0 Å². The van der Waals surface area contributed by atoms with Crippen molar-refractivity contribution < 1.29 is 4.39 Å². The molecule has 0 fully saturated rings. The van der Waals surface area contributed by atoms with E-state index in [0.29, 0.717) is 16.5 Å². The number of benzene rings is 2. The Bertz CT molecular complexity index is 1210. The average Bonchev–Trinajstić information content (AvgIpc) is 3.10. The minimum atomic E-state index is -0.576. The van der Waals surface area contributed by atoms with Gasteiger partial charge in [0.1, 0.15) is 5.82 Å². The largest absolute Gasteiger partial charge is 0.328 e. The summed E-state index contributed by atoms with van der Waals surface area (Å²) >= 11 is 0. The highest BCUT2D eigenvalue weighted by Crippen LogP contribution is 2.26. The van der Waals surface area contributed by atoms with E-state index in [1.807, 2.05) is 37.3 Å². The third-order valence-electron chi connectivity index (χ3n) is 4.47. The van der Waals surface area contributed by atoms with Crippen LogP contribution in [0.4, 0.5) is 4.39 Å². The number of aromatic amines is 2. The van der Waals surface area contributed by atoms with Gasteiger partial charge in [0.15, 0.2) is 0 Å². The van der Waals surface area contributed by atoms with Gasteiger partial charge in [0.2, 0.25) is 0 Å². The van der Waals surface area contributed by atoms with Crippen LogP contribution in [0.15, 0.2) is 64.4 Å². The highest BCUT2D eigenvalue weighted by atomic mass is 19.1. The van der Waals surface area contributed by atoms with Gasteiger partial charge in [-0.25, -0.2) is 9.18 Å². The van der Waals surface area contributed by atoms with Gasteiger partial charge < -0.3 is 0 Å². The molecule has 1 unspecified atom stereocenters. The van der Waals surface area contributed by atoms with Gasteiger partial charge in [0, 0.05) is 17.1 Å². The minimum absolute atomic E-state index is 0.195. The summed E-state index contributed by atoms with van der Waals surface area (Å²) in [6.07, 6.45) is 2.95. The summed E-state index contributed by atoms with van der Waals surface area (Å²) in [6.45, 7) is 1.86. The maximum Gasteiger partial charge on any atom is 0.328 e. The van der Waals surface area contributed by atoms with Crippen LogP contribution in [0.2, 0.25) is 0 Å². The summed E-state index contributed by atoms with van der Waals surface area (Å²) in [6, 6.07) is 11.7. The Labute approximate surface area is 146 Å². The lowest BCUT2D eigenvalue weighted by Gasteiger charge is -2.16. The number of nitrogens with zero attached hydrogens (tertiary/aromatic N) is 2. The van der Waals surface area contributed by atoms with E-state index >= 15 is 0 Å². The summed E-state index contributed by atoms with van der Waals surface area (Å²) < 4.78 is 15.4. The summed E-state index contributed by atoms with van der Waals surface area (Å²) in [4.78, 5) is 27.1. The maximum atomic E-state index is 14.0. The quantitative estimate of drug-likeness (QED) is 0.596. The van der Waals surface area contributed by atoms with Crippen molar-refractivity contribution in [3.63, 3.8) is 0 Å². The lowest BCUT2D eigenvalue weighted by molar-refractivity contribution is 0.595. The number of halogens is 1. The Balaban J connectivity index is 1.94. The van der Waals surface area contributed by atoms with Crippen LogP contribution in [0.3, 0.4) is 0 Å². The molecule has 0 spiro atoms. The molecule has 0 amide bonds. The van der Waals surface area contributed by atoms with Crippen LogP contribution in [0.25, 0.3) is 22.0 Å². The van der Waals surface area contributed by atoms with Gasteiger partial charge in [0.25, 0.3) is 5.56 Å². The van der Waals surface area contributed by atoms with E-state index in [0.717, 1.165) is 5.56 Å². The Hall–Kier alpha value is -3.48. The number of H-pyrrole nitrogens is 2. The molecule has 0 saturated carbocycles. The number of aromatic nitrogens is 4. The molecule has 6 nitrogen and oxygen atoms in total. The van der Waals surface area contributed by atoms with Crippen LogP contribution >= 0.6 is 0 Å².